The molecule has 0 saturated heterocycles. The molecule has 0 aromatic carbocycles. The first-order chi connectivity index (χ1) is 7.31. The van der Waals surface area contributed by atoms with Crippen molar-refractivity contribution in [2.45, 2.75) is 39.8 Å². The van der Waals surface area contributed by atoms with Crippen molar-refractivity contribution in [1.29, 1.82) is 0 Å². The van der Waals surface area contributed by atoms with Crippen LogP contribution in [-0.2, 0) is 4.74 Å². The molecule has 0 radical (unpaired) electrons. The Hall–Kier alpha value is -0.0700. The molecule has 0 N–H and O–H groups in total. The van der Waals surface area contributed by atoms with Crippen LogP contribution in [0.5, 0.6) is 0 Å². The second-order valence-corrected chi connectivity index (χ2v) is 7.09. The predicted octanol–water partition coefficient (Wildman–Crippen LogP) is 5.24. The summed E-state index contributed by atoms with van der Waals surface area (Å²) in [4.78, 5) is 0. The molecule has 9 heteroatoms. The minimum absolute atomic E-state index is 0.339. The molecule has 0 amide bonds. The van der Waals surface area contributed by atoms with Crippen LogP contribution >= 0.6 is 7.81 Å². The van der Waals surface area contributed by atoms with Gasteiger partial charge in [-0.05, 0) is 27.7 Å². The van der Waals surface area contributed by atoms with Crippen LogP contribution in [0, 0.1) is 0 Å². The van der Waals surface area contributed by atoms with Gasteiger partial charge in [0, 0.05) is 0 Å². The molecule has 0 unspecified atom stereocenters. The standard InChI is InChI=1S/C9H22NO.F6P/c1-8(2)10(5,6)7-11-9(3)4;1-7(2,3,4,5)6/h8-9H,7H2,1-6H3;/q+1;-1. The molecule has 0 bridgehead atoms. The van der Waals surface area contributed by atoms with Crippen molar-refractivity contribution in [2.24, 2.45) is 0 Å². The average molecular weight is 305 g/mol. The maximum absolute atomic E-state index is 10.7. The molecule has 18 heavy (non-hydrogen) atoms. The minimum atomic E-state index is -10.7. The number of hydrogen-bond donors (Lipinski definition) is 0. The second-order valence-electron chi connectivity index (χ2n) is 5.18. The van der Waals surface area contributed by atoms with E-state index in [9.17, 15) is 25.2 Å². The Morgan fingerprint density at radius 2 is 1.17 bits per heavy atom. The van der Waals surface area contributed by atoms with Gasteiger partial charge in [0.15, 0.2) is 6.73 Å². The van der Waals surface area contributed by atoms with E-state index in [0.717, 1.165) is 11.2 Å². The van der Waals surface area contributed by atoms with Gasteiger partial charge in [0.2, 0.25) is 0 Å². The fraction of sp³-hybridized carbons (Fsp3) is 1.00. The summed E-state index contributed by atoms with van der Waals surface area (Å²) in [5.74, 6) is 0. The molecule has 0 rings (SSSR count). The quantitative estimate of drug-likeness (QED) is 0.299. The van der Waals surface area contributed by atoms with E-state index >= 15 is 0 Å². The van der Waals surface area contributed by atoms with E-state index in [4.69, 9.17) is 4.74 Å². The number of nitrogens with zero attached hydrogens (tertiary/aromatic N) is 1. The number of quaternary nitrogens is 1. The molecule has 0 saturated carbocycles. The van der Waals surface area contributed by atoms with Crippen molar-refractivity contribution in [3.05, 3.63) is 0 Å². The molecule has 0 fully saturated rings. The van der Waals surface area contributed by atoms with E-state index in [1.54, 1.807) is 0 Å². The van der Waals surface area contributed by atoms with E-state index < -0.39 is 7.81 Å². The van der Waals surface area contributed by atoms with Crippen LogP contribution < -0.4 is 0 Å². The van der Waals surface area contributed by atoms with Gasteiger partial charge < -0.3 is 9.22 Å². The van der Waals surface area contributed by atoms with Crippen LogP contribution in [-0.4, -0.2) is 37.5 Å². The van der Waals surface area contributed by atoms with Crippen LogP contribution in [0.25, 0.3) is 0 Å². The van der Waals surface area contributed by atoms with Crippen molar-refractivity contribution >= 4 is 7.81 Å². The van der Waals surface area contributed by atoms with Gasteiger partial charge in [0.1, 0.15) is 0 Å². The first-order valence-electron chi connectivity index (χ1n) is 5.32. The van der Waals surface area contributed by atoms with Gasteiger partial charge in [-0.1, -0.05) is 0 Å². The van der Waals surface area contributed by atoms with Crippen LogP contribution in [0.1, 0.15) is 27.7 Å². The van der Waals surface area contributed by atoms with Gasteiger partial charge in [-0.2, -0.15) is 0 Å². The summed E-state index contributed by atoms with van der Waals surface area (Å²) < 4.78 is 65.7. The third-order valence-corrected chi connectivity index (χ3v) is 2.14. The van der Waals surface area contributed by atoms with Gasteiger partial charge in [-0.15, -0.1) is 0 Å². The van der Waals surface area contributed by atoms with Crippen molar-refractivity contribution in [1.82, 2.24) is 0 Å². The summed E-state index contributed by atoms with van der Waals surface area (Å²) in [6.07, 6.45) is 0.339. The van der Waals surface area contributed by atoms with Crippen molar-refractivity contribution < 1.29 is 34.4 Å². The SMILES string of the molecule is CC(C)OC[N+](C)(C)C(C)C.F[P-](F)(F)(F)(F)F. The number of hydrogen-bond acceptors (Lipinski definition) is 1. The van der Waals surface area contributed by atoms with Crippen LogP contribution in [0.2, 0.25) is 0 Å². The Kier molecular flexibility index (Phi) is 5.78. The van der Waals surface area contributed by atoms with E-state index in [1.165, 1.54) is 0 Å². The second kappa shape index (κ2) is 5.13. The monoisotopic (exact) mass is 305 g/mol. The normalized spacial score (nSPS) is 17.0. The Morgan fingerprint density at radius 3 is 1.33 bits per heavy atom. The zero-order valence-corrected chi connectivity index (χ0v) is 12.3. The topological polar surface area (TPSA) is 9.23 Å². The third-order valence-electron chi connectivity index (χ3n) is 2.14. The van der Waals surface area contributed by atoms with E-state index in [-0.39, 0.29) is 0 Å². The Bertz CT molecular complexity index is 246. The molecular formula is C9H22F6NOP. The number of halogens is 6. The summed E-state index contributed by atoms with van der Waals surface area (Å²) in [6.45, 7) is 9.36. The Balaban J connectivity index is 0. The Labute approximate surface area is 104 Å². The zero-order chi connectivity index (χ0) is 15.5. The molecular weight excluding hydrogens is 283 g/mol. The van der Waals surface area contributed by atoms with Crippen LogP contribution in [0.15, 0.2) is 0 Å². The third kappa shape index (κ3) is 24.9. The molecule has 0 aromatic rings. The van der Waals surface area contributed by atoms with Crippen molar-refractivity contribution in [3.8, 4) is 0 Å². The number of ether oxygens (including phenoxy) is 1. The fourth-order valence-corrected chi connectivity index (χ4v) is 0.490. The summed E-state index contributed by atoms with van der Waals surface area (Å²) in [6, 6.07) is 0.619. The van der Waals surface area contributed by atoms with Gasteiger partial charge in [0.25, 0.3) is 0 Å². The molecule has 0 aliphatic carbocycles. The zero-order valence-electron chi connectivity index (χ0n) is 11.4. The first kappa shape index (κ1) is 20.3. The van der Waals surface area contributed by atoms with Crippen molar-refractivity contribution in [2.75, 3.05) is 20.8 Å². The molecule has 2 nitrogen and oxygen atoms in total. The number of rotatable bonds is 4. The van der Waals surface area contributed by atoms with Crippen LogP contribution in [0.3, 0.4) is 0 Å². The average Bonchev–Trinajstić information content (AvgIpc) is 1.94. The molecule has 116 valence electrons. The van der Waals surface area contributed by atoms with Crippen molar-refractivity contribution in [3.63, 3.8) is 0 Å². The van der Waals surface area contributed by atoms with Gasteiger partial charge in [-0.3, -0.25) is 0 Å². The van der Waals surface area contributed by atoms with E-state index in [1.807, 2.05) is 0 Å². The predicted molar refractivity (Wildman–Crippen MR) is 61.9 cm³/mol. The molecule has 0 heterocycles. The van der Waals surface area contributed by atoms with E-state index in [0.29, 0.717) is 12.1 Å². The summed E-state index contributed by atoms with van der Waals surface area (Å²) in [5.41, 5.74) is 0. The summed E-state index contributed by atoms with van der Waals surface area (Å²) in [5, 5.41) is 0. The first-order valence-corrected chi connectivity index (χ1v) is 7.35. The van der Waals surface area contributed by atoms with Gasteiger partial charge in [-0.25, -0.2) is 0 Å². The van der Waals surface area contributed by atoms with Gasteiger partial charge in [0.05, 0.1) is 26.2 Å². The molecule has 0 aliphatic rings. The molecule has 0 spiro atoms. The molecule has 0 aliphatic heterocycles. The maximum atomic E-state index is 9.87. The van der Waals surface area contributed by atoms with Gasteiger partial charge >= 0.3 is 33.0 Å². The Morgan fingerprint density at radius 1 is 0.889 bits per heavy atom. The molecule has 0 atom stereocenters. The van der Waals surface area contributed by atoms with Crippen LogP contribution in [0.4, 0.5) is 25.2 Å². The summed E-state index contributed by atoms with van der Waals surface area (Å²) >= 11 is 0. The fourth-order valence-electron chi connectivity index (χ4n) is 0.490. The molecule has 0 aromatic heterocycles. The van der Waals surface area contributed by atoms with E-state index in [2.05, 4.69) is 41.8 Å². The summed E-state index contributed by atoms with van der Waals surface area (Å²) in [7, 11) is -6.28.